The van der Waals surface area contributed by atoms with E-state index >= 15 is 0 Å². The normalized spacial score (nSPS) is 13.5. The van der Waals surface area contributed by atoms with Crippen LogP contribution in [0.2, 0.25) is 0 Å². The largest absolute Gasteiger partial charge is 0.394 e. The van der Waals surface area contributed by atoms with Gasteiger partial charge in [0.05, 0.1) is 31.3 Å². The number of rotatable bonds is 44. The Bertz CT molecular complexity index is 743. The second kappa shape index (κ2) is 43.8. The predicted molar refractivity (Wildman–Crippen MR) is 232 cm³/mol. The van der Waals surface area contributed by atoms with Crippen molar-refractivity contribution in [1.82, 2.24) is 5.32 Å². The maximum absolute atomic E-state index is 12.4. The molecule has 0 aromatic rings. The molecule has 0 aromatic carbocycles. The monoisotopic (exact) mass is 750 g/mol. The Balaban J connectivity index is 3.46. The van der Waals surface area contributed by atoms with E-state index in [1.54, 1.807) is 0 Å². The van der Waals surface area contributed by atoms with Gasteiger partial charge in [-0.15, -0.1) is 0 Å². The SMILES string of the molecule is CCCCCCCCCCCCCC/C=C\CCCCCCCCCCCCCCCC(O)CC(=O)NC(CO)C(O)CCCCCCCCCCC. The third-order valence-electron chi connectivity index (χ3n) is 11.3. The van der Waals surface area contributed by atoms with Crippen molar-refractivity contribution in [2.45, 2.75) is 283 Å². The number of carbonyl (C=O) groups excluding carboxylic acids is 1. The Labute approximate surface area is 331 Å². The van der Waals surface area contributed by atoms with Gasteiger partial charge in [0.15, 0.2) is 0 Å². The highest BCUT2D eigenvalue weighted by molar-refractivity contribution is 5.76. The lowest BCUT2D eigenvalue weighted by atomic mass is 10.0. The van der Waals surface area contributed by atoms with Crippen molar-refractivity contribution in [3.8, 4) is 0 Å². The zero-order chi connectivity index (χ0) is 38.7. The summed E-state index contributed by atoms with van der Waals surface area (Å²) >= 11 is 0. The van der Waals surface area contributed by atoms with Gasteiger partial charge in [0, 0.05) is 0 Å². The molecule has 0 fully saturated rings. The molecule has 0 bridgehead atoms. The van der Waals surface area contributed by atoms with Crippen molar-refractivity contribution in [3.05, 3.63) is 12.2 Å². The summed E-state index contributed by atoms with van der Waals surface area (Å²) in [6.45, 7) is 4.25. The fraction of sp³-hybridized carbons (Fsp3) is 0.938. The van der Waals surface area contributed by atoms with Gasteiger partial charge >= 0.3 is 0 Å². The van der Waals surface area contributed by atoms with E-state index in [4.69, 9.17) is 0 Å². The van der Waals surface area contributed by atoms with Gasteiger partial charge in [0.2, 0.25) is 5.91 Å². The summed E-state index contributed by atoms with van der Waals surface area (Å²) in [5.41, 5.74) is 0. The molecule has 5 nitrogen and oxygen atoms in total. The molecule has 0 heterocycles. The van der Waals surface area contributed by atoms with Crippen LogP contribution in [0.4, 0.5) is 0 Å². The van der Waals surface area contributed by atoms with Crippen molar-refractivity contribution in [2.24, 2.45) is 0 Å². The van der Waals surface area contributed by atoms with E-state index in [9.17, 15) is 20.1 Å². The highest BCUT2D eigenvalue weighted by Crippen LogP contribution is 2.17. The molecule has 0 aromatic heterocycles. The number of nitrogens with one attached hydrogen (secondary N) is 1. The van der Waals surface area contributed by atoms with Crippen molar-refractivity contribution >= 4 is 5.91 Å². The molecule has 3 atom stereocenters. The summed E-state index contributed by atoms with van der Waals surface area (Å²) in [6, 6.07) is -0.653. The average Bonchev–Trinajstić information content (AvgIpc) is 3.15. The van der Waals surface area contributed by atoms with Gasteiger partial charge in [0.1, 0.15) is 0 Å². The molecule has 0 radical (unpaired) electrons. The molecule has 3 unspecified atom stereocenters. The summed E-state index contributed by atoms with van der Waals surface area (Å²) in [7, 11) is 0. The van der Waals surface area contributed by atoms with Crippen LogP contribution >= 0.6 is 0 Å². The lowest BCUT2D eigenvalue weighted by Gasteiger charge is -2.23. The van der Waals surface area contributed by atoms with Gasteiger partial charge in [-0.05, 0) is 38.5 Å². The second-order valence-corrected chi connectivity index (χ2v) is 16.7. The fourth-order valence-corrected chi connectivity index (χ4v) is 7.64. The van der Waals surface area contributed by atoms with Gasteiger partial charge in [0.25, 0.3) is 0 Å². The number of aliphatic hydroxyl groups excluding tert-OH is 3. The molecule has 4 N–H and O–H groups in total. The van der Waals surface area contributed by atoms with E-state index in [0.29, 0.717) is 12.8 Å². The second-order valence-electron chi connectivity index (χ2n) is 16.7. The number of unbranched alkanes of at least 4 members (excludes halogenated alkanes) is 33. The van der Waals surface area contributed by atoms with Crippen LogP contribution in [0.25, 0.3) is 0 Å². The first-order valence-corrected chi connectivity index (χ1v) is 24.0. The molecule has 53 heavy (non-hydrogen) atoms. The maximum atomic E-state index is 12.4. The highest BCUT2D eigenvalue weighted by atomic mass is 16.3. The Morgan fingerprint density at radius 2 is 0.755 bits per heavy atom. The molecule has 0 spiro atoms. The van der Waals surface area contributed by atoms with Gasteiger partial charge in [-0.1, -0.05) is 231 Å². The highest BCUT2D eigenvalue weighted by Gasteiger charge is 2.21. The summed E-state index contributed by atoms with van der Waals surface area (Å²) in [6.07, 6.45) is 52.2. The minimum atomic E-state index is -0.744. The van der Waals surface area contributed by atoms with Crippen LogP contribution in [-0.4, -0.2) is 46.1 Å². The van der Waals surface area contributed by atoms with E-state index in [2.05, 4.69) is 31.3 Å². The van der Waals surface area contributed by atoms with E-state index in [0.717, 1.165) is 25.7 Å². The Kier molecular flexibility index (Phi) is 43.1. The van der Waals surface area contributed by atoms with E-state index in [-0.39, 0.29) is 18.9 Å². The molecule has 0 saturated carbocycles. The lowest BCUT2D eigenvalue weighted by molar-refractivity contribution is -0.125. The topological polar surface area (TPSA) is 89.8 Å². The van der Waals surface area contributed by atoms with Gasteiger partial charge < -0.3 is 20.6 Å². The third-order valence-corrected chi connectivity index (χ3v) is 11.3. The van der Waals surface area contributed by atoms with Crippen molar-refractivity contribution in [1.29, 1.82) is 0 Å². The number of hydrogen-bond donors (Lipinski definition) is 4. The fourth-order valence-electron chi connectivity index (χ4n) is 7.64. The average molecular weight is 750 g/mol. The molecule has 0 rings (SSSR count). The van der Waals surface area contributed by atoms with E-state index < -0.39 is 18.2 Å². The number of hydrogen-bond acceptors (Lipinski definition) is 4. The Morgan fingerprint density at radius 3 is 1.09 bits per heavy atom. The summed E-state index contributed by atoms with van der Waals surface area (Å²) < 4.78 is 0. The minimum absolute atomic E-state index is 0.0395. The van der Waals surface area contributed by atoms with E-state index in [1.807, 2.05) is 0 Å². The molecule has 316 valence electrons. The lowest BCUT2D eigenvalue weighted by Crippen LogP contribution is -2.46. The van der Waals surface area contributed by atoms with Crippen LogP contribution in [0.5, 0.6) is 0 Å². The summed E-state index contributed by atoms with van der Waals surface area (Å²) in [5, 5.41) is 33.3. The molecule has 1 amide bonds. The maximum Gasteiger partial charge on any atom is 0.222 e. The standard InChI is InChI=1S/C48H95NO4/c1-3-5-7-9-11-13-14-15-16-17-18-19-20-21-22-23-24-25-26-27-28-29-30-31-32-34-35-37-39-41-45(51)43-48(53)49-46(44-50)47(52)42-40-38-36-33-12-10-8-6-4-2/h21-22,45-47,50-52H,3-20,23-44H2,1-2H3,(H,49,53)/b22-21-. The minimum Gasteiger partial charge on any atom is -0.394 e. The number of allylic oxidation sites excluding steroid dienone is 2. The molecule has 0 aliphatic heterocycles. The third kappa shape index (κ3) is 40.6. The molecule has 0 aliphatic carbocycles. The number of carbonyl (C=O) groups is 1. The van der Waals surface area contributed by atoms with Gasteiger partial charge in [-0.25, -0.2) is 0 Å². The van der Waals surface area contributed by atoms with Crippen LogP contribution in [-0.2, 0) is 4.79 Å². The summed E-state index contributed by atoms with van der Waals surface area (Å²) in [5.74, 6) is -0.282. The van der Waals surface area contributed by atoms with Gasteiger partial charge in [-0.2, -0.15) is 0 Å². The first kappa shape index (κ1) is 52.1. The van der Waals surface area contributed by atoms with Crippen molar-refractivity contribution in [2.75, 3.05) is 6.61 Å². The first-order chi connectivity index (χ1) is 26.0. The van der Waals surface area contributed by atoms with Crippen molar-refractivity contribution < 1.29 is 20.1 Å². The van der Waals surface area contributed by atoms with Crippen LogP contribution < -0.4 is 5.32 Å². The Morgan fingerprint density at radius 1 is 0.453 bits per heavy atom. The first-order valence-electron chi connectivity index (χ1n) is 24.0. The van der Waals surface area contributed by atoms with Gasteiger partial charge in [-0.3, -0.25) is 4.79 Å². The molecule has 0 aliphatic rings. The van der Waals surface area contributed by atoms with Crippen molar-refractivity contribution in [3.63, 3.8) is 0 Å². The number of aliphatic hydroxyl groups is 3. The Hall–Kier alpha value is -0.910. The zero-order valence-electron chi connectivity index (χ0n) is 35.9. The van der Waals surface area contributed by atoms with Crippen LogP contribution in [0.3, 0.4) is 0 Å². The van der Waals surface area contributed by atoms with Crippen LogP contribution in [0.15, 0.2) is 12.2 Å². The zero-order valence-corrected chi connectivity index (χ0v) is 35.9. The molecule has 0 saturated heterocycles. The molecular formula is C48H95NO4. The van der Waals surface area contributed by atoms with Crippen LogP contribution in [0.1, 0.15) is 264 Å². The predicted octanol–water partition coefficient (Wildman–Crippen LogP) is 14.0. The smallest absolute Gasteiger partial charge is 0.222 e. The quantitative estimate of drug-likeness (QED) is 0.0369. The van der Waals surface area contributed by atoms with Crippen LogP contribution in [0, 0.1) is 0 Å². The molecular weight excluding hydrogens is 655 g/mol. The van der Waals surface area contributed by atoms with E-state index in [1.165, 1.54) is 205 Å². The number of amides is 1. The molecule has 5 heteroatoms. The summed E-state index contributed by atoms with van der Waals surface area (Å²) in [4.78, 5) is 12.4.